The number of rotatable bonds is 5. The van der Waals surface area contributed by atoms with Crippen LogP contribution in [0, 0.1) is 5.92 Å². The first-order chi connectivity index (χ1) is 10.6. The van der Waals surface area contributed by atoms with Crippen LogP contribution in [-0.4, -0.2) is 37.1 Å². The first-order valence-electron chi connectivity index (χ1n) is 7.28. The molecule has 1 aliphatic heterocycles. The molecule has 0 bridgehead atoms. The van der Waals surface area contributed by atoms with Crippen molar-refractivity contribution in [2.24, 2.45) is 5.92 Å². The molecule has 1 N–H and O–H groups in total. The molecule has 0 spiro atoms. The summed E-state index contributed by atoms with van der Waals surface area (Å²) in [5, 5.41) is 2.56. The predicted octanol–water partition coefficient (Wildman–Crippen LogP) is 1.01. The van der Waals surface area contributed by atoms with Gasteiger partial charge in [0.2, 0.25) is 5.91 Å². The number of carbonyl (C=O) groups excluding carboxylic acids is 3. The van der Waals surface area contributed by atoms with Crippen LogP contribution in [0.2, 0.25) is 0 Å². The number of hydrogen-bond acceptors (Lipinski definition) is 5. The molecule has 3 atom stereocenters. The maximum absolute atomic E-state index is 12.2. The summed E-state index contributed by atoms with van der Waals surface area (Å²) in [4.78, 5) is 36.4. The Labute approximate surface area is 128 Å². The van der Waals surface area contributed by atoms with E-state index in [1.165, 1.54) is 0 Å². The van der Waals surface area contributed by atoms with Crippen molar-refractivity contribution < 1.29 is 23.9 Å². The van der Waals surface area contributed by atoms with Crippen LogP contribution in [0.1, 0.15) is 25.3 Å². The van der Waals surface area contributed by atoms with Gasteiger partial charge in [0, 0.05) is 5.92 Å². The van der Waals surface area contributed by atoms with Crippen molar-refractivity contribution in [2.45, 2.75) is 25.8 Å². The van der Waals surface area contributed by atoms with E-state index < -0.39 is 35.7 Å². The average Bonchev–Trinajstić information content (AvgIpc) is 2.86. The number of carbonyl (C=O) groups is 3. The van der Waals surface area contributed by atoms with Gasteiger partial charge < -0.3 is 14.8 Å². The zero-order chi connectivity index (χ0) is 16.1. The molecule has 0 aromatic heterocycles. The van der Waals surface area contributed by atoms with Gasteiger partial charge >= 0.3 is 11.9 Å². The molecule has 1 amide bonds. The predicted molar refractivity (Wildman–Crippen MR) is 77.9 cm³/mol. The molecule has 2 rings (SSSR count). The minimum absolute atomic E-state index is 0.175. The summed E-state index contributed by atoms with van der Waals surface area (Å²) in [6.07, 6.45) is 0. The minimum atomic E-state index is -1.04. The second-order valence-corrected chi connectivity index (χ2v) is 4.90. The van der Waals surface area contributed by atoms with Crippen LogP contribution in [0.5, 0.6) is 0 Å². The van der Waals surface area contributed by atoms with Gasteiger partial charge in [-0.2, -0.15) is 0 Å². The number of esters is 2. The fourth-order valence-corrected chi connectivity index (χ4v) is 2.67. The number of nitrogens with one attached hydrogen (secondary N) is 1. The summed E-state index contributed by atoms with van der Waals surface area (Å²) in [6, 6.07) is 8.09. The van der Waals surface area contributed by atoms with Gasteiger partial charge in [-0.15, -0.1) is 0 Å². The maximum Gasteiger partial charge on any atom is 0.329 e. The van der Waals surface area contributed by atoms with E-state index in [-0.39, 0.29) is 13.2 Å². The molecule has 6 heteroatoms. The molecule has 1 heterocycles. The van der Waals surface area contributed by atoms with Crippen molar-refractivity contribution >= 4 is 17.8 Å². The Balaban J connectivity index is 2.38. The minimum Gasteiger partial charge on any atom is -0.465 e. The van der Waals surface area contributed by atoms with Crippen LogP contribution in [0.25, 0.3) is 0 Å². The summed E-state index contributed by atoms with van der Waals surface area (Å²) < 4.78 is 9.99. The molecule has 1 aromatic rings. The van der Waals surface area contributed by atoms with Crippen LogP contribution in [0.15, 0.2) is 30.3 Å². The summed E-state index contributed by atoms with van der Waals surface area (Å²) >= 11 is 0. The van der Waals surface area contributed by atoms with Gasteiger partial charge in [0.1, 0.15) is 12.0 Å². The van der Waals surface area contributed by atoms with E-state index in [9.17, 15) is 14.4 Å². The molecule has 6 nitrogen and oxygen atoms in total. The van der Waals surface area contributed by atoms with Crippen LogP contribution in [0.3, 0.4) is 0 Å². The molecule has 1 fully saturated rings. The summed E-state index contributed by atoms with van der Waals surface area (Å²) in [6.45, 7) is 3.74. The molecular formula is C16H19NO5. The van der Waals surface area contributed by atoms with Gasteiger partial charge in [-0.25, -0.2) is 4.79 Å². The Morgan fingerprint density at radius 3 is 2.23 bits per heavy atom. The fourth-order valence-electron chi connectivity index (χ4n) is 2.67. The third-order valence-corrected chi connectivity index (χ3v) is 3.56. The number of ether oxygens (including phenoxy) is 2. The highest BCUT2D eigenvalue weighted by Crippen LogP contribution is 2.35. The van der Waals surface area contributed by atoms with Crippen LogP contribution >= 0.6 is 0 Å². The Kier molecular flexibility index (Phi) is 5.14. The van der Waals surface area contributed by atoms with Gasteiger partial charge in [-0.1, -0.05) is 30.3 Å². The number of amides is 1. The smallest absolute Gasteiger partial charge is 0.329 e. The highest BCUT2D eigenvalue weighted by molar-refractivity contribution is 6.04. The van der Waals surface area contributed by atoms with E-state index in [0.29, 0.717) is 0 Å². The first-order valence-corrected chi connectivity index (χ1v) is 7.28. The molecule has 1 aromatic carbocycles. The lowest BCUT2D eigenvalue weighted by molar-refractivity contribution is -0.151. The molecule has 0 aliphatic carbocycles. The molecule has 0 saturated carbocycles. The first kappa shape index (κ1) is 16.0. The zero-order valence-corrected chi connectivity index (χ0v) is 12.6. The second-order valence-electron chi connectivity index (χ2n) is 4.90. The van der Waals surface area contributed by atoms with E-state index in [4.69, 9.17) is 9.47 Å². The van der Waals surface area contributed by atoms with Gasteiger partial charge in [0.15, 0.2) is 0 Å². The molecule has 0 radical (unpaired) electrons. The topological polar surface area (TPSA) is 81.7 Å². The van der Waals surface area contributed by atoms with Gasteiger partial charge in [0.05, 0.1) is 13.2 Å². The van der Waals surface area contributed by atoms with E-state index in [1.807, 2.05) is 6.07 Å². The molecule has 1 aliphatic rings. The third kappa shape index (κ3) is 3.10. The van der Waals surface area contributed by atoms with Crippen LogP contribution < -0.4 is 5.32 Å². The second kappa shape index (κ2) is 7.06. The Morgan fingerprint density at radius 1 is 1.05 bits per heavy atom. The zero-order valence-electron chi connectivity index (χ0n) is 12.6. The maximum atomic E-state index is 12.2. The fraction of sp³-hybridized carbons (Fsp3) is 0.438. The Hall–Kier alpha value is -2.37. The van der Waals surface area contributed by atoms with Crippen molar-refractivity contribution in [1.82, 2.24) is 5.32 Å². The lowest BCUT2D eigenvalue weighted by atomic mass is 9.84. The molecule has 22 heavy (non-hydrogen) atoms. The van der Waals surface area contributed by atoms with Crippen molar-refractivity contribution in [3.05, 3.63) is 35.9 Å². The van der Waals surface area contributed by atoms with Crippen molar-refractivity contribution in [3.63, 3.8) is 0 Å². The molecule has 118 valence electrons. The van der Waals surface area contributed by atoms with Crippen LogP contribution in [0.4, 0.5) is 0 Å². The largest absolute Gasteiger partial charge is 0.465 e. The van der Waals surface area contributed by atoms with Crippen molar-refractivity contribution in [1.29, 1.82) is 0 Å². The highest BCUT2D eigenvalue weighted by Gasteiger charge is 2.51. The van der Waals surface area contributed by atoms with E-state index >= 15 is 0 Å². The molecular weight excluding hydrogens is 286 g/mol. The average molecular weight is 305 g/mol. The Morgan fingerprint density at radius 2 is 1.64 bits per heavy atom. The van der Waals surface area contributed by atoms with Gasteiger partial charge in [-0.05, 0) is 19.4 Å². The molecule has 0 unspecified atom stereocenters. The monoisotopic (exact) mass is 305 g/mol. The van der Waals surface area contributed by atoms with E-state index in [0.717, 1.165) is 5.56 Å². The quantitative estimate of drug-likeness (QED) is 0.648. The van der Waals surface area contributed by atoms with E-state index in [1.54, 1.807) is 38.1 Å². The van der Waals surface area contributed by atoms with Crippen LogP contribution in [-0.2, 0) is 23.9 Å². The standard InChI is InChI=1S/C16H19NO5/c1-3-21-15(19)12-11(10-8-6-5-7-9-10)13(17-14(12)18)16(20)22-4-2/h5-9,11-13H,3-4H2,1-2H3,(H,17,18)/t11-,12+,13-/m1/s1. The van der Waals surface area contributed by atoms with Crippen molar-refractivity contribution in [3.8, 4) is 0 Å². The third-order valence-electron chi connectivity index (χ3n) is 3.56. The Bertz CT molecular complexity index is 557. The summed E-state index contributed by atoms with van der Waals surface area (Å²) in [7, 11) is 0. The molecule has 1 saturated heterocycles. The van der Waals surface area contributed by atoms with E-state index in [2.05, 4.69) is 5.32 Å². The number of hydrogen-bond donors (Lipinski definition) is 1. The lowest BCUT2D eigenvalue weighted by Gasteiger charge is -2.21. The number of benzene rings is 1. The normalized spacial score (nSPS) is 23.7. The lowest BCUT2D eigenvalue weighted by Crippen LogP contribution is -2.37. The van der Waals surface area contributed by atoms with Gasteiger partial charge in [0.25, 0.3) is 0 Å². The van der Waals surface area contributed by atoms with Gasteiger partial charge in [-0.3, -0.25) is 9.59 Å². The highest BCUT2D eigenvalue weighted by atomic mass is 16.5. The SMILES string of the molecule is CCOC(=O)[C@@H]1C(=O)N[C@@H](C(=O)OCC)[C@@H]1c1ccccc1. The summed E-state index contributed by atoms with van der Waals surface area (Å²) in [5.41, 5.74) is 0.719. The summed E-state index contributed by atoms with van der Waals surface area (Å²) in [5.74, 6) is -3.36. The van der Waals surface area contributed by atoms with Crippen molar-refractivity contribution in [2.75, 3.05) is 13.2 Å².